The molecular formula is C14H18O3. The molecule has 0 aromatic heterocycles. The quantitative estimate of drug-likeness (QED) is 0.754. The van der Waals surface area contributed by atoms with Gasteiger partial charge in [0, 0.05) is 12.8 Å². The Labute approximate surface area is 102 Å². The third-order valence-corrected chi connectivity index (χ3v) is 3.18. The third-order valence-electron chi connectivity index (χ3n) is 3.18. The Hall–Kier alpha value is -1.51. The van der Waals surface area contributed by atoms with Crippen molar-refractivity contribution >= 4 is 6.29 Å². The molecule has 1 atom stereocenters. The summed E-state index contributed by atoms with van der Waals surface area (Å²) in [5.41, 5.74) is 2.26. The van der Waals surface area contributed by atoms with E-state index in [2.05, 4.69) is 6.92 Å². The molecule has 3 nitrogen and oxygen atoms in total. The highest BCUT2D eigenvalue weighted by atomic mass is 16.5. The molecule has 1 aromatic carbocycles. The van der Waals surface area contributed by atoms with Crippen LogP contribution in [0.15, 0.2) is 12.1 Å². The molecule has 0 saturated heterocycles. The molecule has 0 N–H and O–H groups in total. The van der Waals surface area contributed by atoms with Crippen molar-refractivity contribution in [3.63, 3.8) is 0 Å². The fourth-order valence-corrected chi connectivity index (χ4v) is 2.20. The van der Waals surface area contributed by atoms with Gasteiger partial charge < -0.3 is 14.3 Å². The lowest BCUT2D eigenvalue weighted by atomic mass is 9.93. The highest BCUT2D eigenvalue weighted by Crippen LogP contribution is 2.37. The Bertz CT molecular complexity index is 412. The Kier molecular flexibility index (Phi) is 3.67. The van der Waals surface area contributed by atoms with Gasteiger partial charge in [0.2, 0.25) is 0 Å². The predicted octanol–water partition coefficient (Wildman–Crippen LogP) is 2.85. The molecule has 1 aliphatic heterocycles. The van der Waals surface area contributed by atoms with E-state index in [1.807, 2.05) is 19.1 Å². The van der Waals surface area contributed by atoms with E-state index in [9.17, 15) is 4.79 Å². The van der Waals surface area contributed by atoms with Crippen LogP contribution in [0.4, 0.5) is 0 Å². The average molecular weight is 234 g/mol. The van der Waals surface area contributed by atoms with Crippen LogP contribution in [-0.2, 0) is 4.79 Å². The number of rotatable bonds is 3. The first-order chi connectivity index (χ1) is 8.24. The zero-order valence-corrected chi connectivity index (χ0v) is 10.4. The zero-order chi connectivity index (χ0) is 12.3. The monoisotopic (exact) mass is 234 g/mol. The Balaban J connectivity index is 2.37. The highest BCUT2D eigenvalue weighted by Gasteiger charge is 2.18. The molecule has 0 amide bonds. The molecular weight excluding hydrogens is 216 g/mol. The number of ether oxygens (including phenoxy) is 2. The number of hydrogen-bond acceptors (Lipinski definition) is 3. The molecule has 1 heterocycles. The number of aldehydes is 1. The SMILES string of the molecule is Cc1c(C(C)CC=O)ccc2c1OCCCO2. The molecule has 1 aliphatic rings. The Morgan fingerprint density at radius 1 is 1.35 bits per heavy atom. The summed E-state index contributed by atoms with van der Waals surface area (Å²) in [6, 6.07) is 3.99. The van der Waals surface area contributed by atoms with Crippen molar-refractivity contribution in [3.05, 3.63) is 23.3 Å². The first-order valence-electron chi connectivity index (χ1n) is 6.06. The van der Waals surface area contributed by atoms with Crippen molar-refractivity contribution in [2.45, 2.75) is 32.6 Å². The maximum Gasteiger partial charge on any atom is 0.164 e. The normalized spacial score (nSPS) is 16.1. The van der Waals surface area contributed by atoms with Crippen LogP contribution in [0.25, 0.3) is 0 Å². The summed E-state index contributed by atoms with van der Waals surface area (Å²) >= 11 is 0. The number of benzene rings is 1. The van der Waals surface area contributed by atoms with E-state index in [4.69, 9.17) is 9.47 Å². The van der Waals surface area contributed by atoms with Crippen LogP contribution in [0.5, 0.6) is 11.5 Å². The van der Waals surface area contributed by atoms with Gasteiger partial charge in [-0.25, -0.2) is 0 Å². The molecule has 92 valence electrons. The second kappa shape index (κ2) is 5.21. The van der Waals surface area contributed by atoms with Crippen molar-refractivity contribution in [3.8, 4) is 11.5 Å². The molecule has 0 radical (unpaired) electrons. The van der Waals surface area contributed by atoms with E-state index in [0.29, 0.717) is 19.6 Å². The van der Waals surface area contributed by atoms with Gasteiger partial charge in [0.05, 0.1) is 13.2 Å². The van der Waals surface area contributed by atoms with Gasteiger partial charge in [0.25, 0.3) is 0 Å². The summed E-state index contributed by atoms with van der Waals surface area (Å²) in [5.74, 6) is 1.89. The van der Waals surface area contributed by atoms with Crippen LogP contribution < -0.4 is 9.47 Å². The van der Waals surface area contributed by atoms with Crippen LogP contribution in [0.2, 0.25) is 0 Å². The van der Waals surface area contributed by atoms with Crippen LogP contribution in [0.3, 0.4) is 0 Å². The second-order valence-electron chi connectivity index (χ2n) is 4.46. The average Bonchev–Trinajstić information content (AvgIpc) is 2.55. The minimum absolute atomic E-state index is 0.227. The van der Waals surface area contributed by atoms with Gasteiger partial charge in [-0.05, 0) is 30.0 Å². The largest absolute Gasteiger partial charge is 0.490 e. The van der Waals surface area contributed by atoms with Crippen LogP contribution in [-0.4, -0.2) is 19.5 Å². The maximum atomic E-state index is 10.6. The first-order valence-corrected chi connectivity index (χ1v) is 6.06. The van der Waals surface area contributed by atoms with Crippen molar-refractivity contribution in [1.29, 1.82) is 0 Å². The van der Waals surface area contributed by atoms with Crippen LogP contribution in [0.1, 0.15) is 36.8 Å². The van der Waals surface area contributed by atoms with Gasteiger partial charge >= 0.3 is 0 Å². The van der Waals surface area contributed by atoms with Gasteiger partial charge in [-0.2, -0.15) is 0 Å². The number of carbonyl (C=O) groups excluding carboxylic acids is 1. The summed E-state index contributed by atoms with van der Waals surface area (Å²) < 4.78 is 11.4. The first kappa shape index (κ1) is 12.0. The molecule has 3 heteroatoms. The molecule has 1 aromatic rings. The lowest BCUT2D eigenvalue weighted by Gasteiger charge is -2.17. The van der Waals surface area contributed by atoms with Crippen molar-refractivity contribution in [2.24, 2.45) is 0 Å². The lowest BCUT2D eigenvalue weighted by molar-refractivity contribution is -0.108. The number of hydrogen-bond donors (Lipinski definition) is 0. The molecule has 0 saturated carbocycles. The maximum absolute atomic E-state index is 10.6. The fourth-order valence-electron chi connectivity index (χ4n) is 2.20. The standard InChI is InChI=1S/C14H18O3/c1-10(6-7-15)12-4-5-13-14(11(12)2)17-9-3-8-16-13/h4-5,7,10H,3,6,8-9H2,1-2H3. The van der Waals surface area contributed by atoms with Crippen LogP contribution >= 0.6 is 0 Å². The zero-order valence-electron chi connectivity index (χ0n) is 10.4. The van der Waals surface area contributed by atoms with E-state index in [1.165, 1.54) is 5.56 Å². The highest BCUT2D eigenvalue weighted by molar-refractivity contribution is 5.55. The lowest BCUT2D eigenvalue weighted by Crippen LogP contribution is -2.01. The van der Waals surface area contributed by atoms with Crippen molar-refractivity contribution < 1.29 is 14.3 Å². The third kappa shape index (κ3) is 2.43. The van der Waals surface area contributed by atoms with E-state index in [1.54, 1.807) is 0 Å². The van der Waals surface area contributed by atoms with E-state index < -0.39 is 0 Å². The predicted molar refractivity (Wildman–Crippen MR) is 65.9 cm³/mol. The summed E-state index contributed by atoms with van der Waals surface area (Å²) in [4.78, 5) is 10.6. The molecule has 0 aliphatic carbocycles. The Morgan fingerprint density at radius 3 is 2.88 bits per heavy atom. The summed E-state index contributed by atoms with van der Waals surface area (Å²) in [6.07, 6.45) is 2.42. The fraction of sp³-hybridized carbons (Fsp3) is 0.500. The molecule has 0 bridgehead atoms. The summed E-state index contributed by atoms with van der Waals surface area (Å²) in [6.45, 7) is 5.49. The molecule has 2 rings (SSSR count). The Morgan fingerprint density at radius 2 is 2.12 bits per heavy atom. The van der Waals surface area contributed by atoms with Crippen LogP contribution in [0, 0.1) is 6.92 Å². The molecule has 1 unspecified atom stereocenters. The number of carbonyl (C=O) groups is 1. The second-order valence-corrected chi connectivity index (χ2v) is 4.46. The topological polar surface area (TPSA) is 35.5 Å². The van der Waals surface area contributed by atoms with Crippen molar-refractivity contribution in [1.82, 2.24) is 0 Å². The van der Waals surface area contributed by atoms with Gasteiger partial charge in [-0.1, -0.05) is 13.0 Å². The van der Waals surface area contributed by atoms with Crippen molar-refractivity contribution in [2.75, 3.05) is 13.2 Å². The number of fused-ring (bicyclic) bond motifs is 1. The van der Waals surface area contributed by atoms with E-state index in [0.717, 1.165) is 29.8 Å². The molecule has 17 heavy (non-hydrogen) atoms. The molecule has 0 spiro atoms. The van der Waals surface area contributed by atoms with Gasteiger partial charge in [-0.3, -0.25) is 0 Å². The van der Waals surface area contributed by atoms with E-state index in [-0.39, 0.29) is 5.92 Å². The van der Waals surface area contributed by atoms with E-state index >= 15 is 0 Å². The van der Waals surface area contributed by atoms with Gasteiger partial charge in [0.15, 0.2) is 11.5 Å². The minimum Gasteiger partial charge on any atom is -0.490 e. The van der Waals surface area contributed by atoms with Gasteiger partial charge in [-0.15, -0.1) is 0 Å². The smallest absolute Gasteiger partial charge is 0.164 e. The molecule has 0 fully saturated rings. The summed E-state index contributed by atoms with van der Waals surface area (Å²) in [7, 11) is 0. The van der Waals surface area contributed by atoms with Gasteiger partial charge in [0.1, 0.15) is 6.29 Å². The summed E-state index contributed by atoms with van der Waals surface area (Å²) in [5, 5.41) is 0. The minimum atomic E-state index is 0.227.